The maximum atomic E-state index is 4.66. The summed E-state index contributed by atoms with van der Waals surface area (Å²) in [4.78, 5) is 4.66. The zero-order valence-corrected chi connectivity index (χ0v) is 11.6. The van der Waals surface area contributed by atoms with E-state index in [0.29, 0.717) is 6.04 Å². The van der Waals surface area contributed by atoms with Crippen molar-refractivity contribution in [2.75, 3.05) is 6.54 Å². The molecule has 0 fully saturated rings. The molecule has 0 amide bonds. The molecule has 0 saturated carbocycles. The minimum atomic E-state index is 0.577. The van der Waals surface area contributed by atoms with E-state index in [0.717, 1.165) is 24.9 Å². The quantitative estimate of drug-likeness (QED) is 0.819. The molecule has 0 aliphatic rings. The van der Waals surface area contributed by atoms with Gasteiger partial charge in [-0.15, -0.1) is 11.3 Å². The standard InChI is InChI=1S/C14H20N2S/c1-10(2)15-8-4-5-14-16-12-7-6-11(3)9-13(12)17-14/h6-7,9-10,15H,4-5,8H2,1-3H3. The van der Waals surface area contributed by atoms with Gasteiger partial charge < -0.3 is 5.32 Å². The Morgan fingerprint density at radius 1 is 1.35 bits per heavy atom. The van der Waals surface area contributed by atoms with Gasteiger partial charge in [0.15, 0.2) is 0 Å². The van der Waals surface area contributed by atoms with Gasteiger partial charge in [-0.25, -0.2) is 4.98 Å². The van der Waals surface area contributed by atoms with Gasteiger partial charge in [0.05, 0.1) is 15.2 Å². The van der Waals surface area contributed by atoms with Crippen LogP contribution in [0.1, 0.15) is 30.8 Å². The number of aryl methyl sites for hydroxylation is 2. The molecule has 0 aliphatic heterocycles. The van der Waals surface area contributed by atoms with Gasteiger partial charge in [0, 0.05) is 12.5 Å². The zero-order valence-electron chi connectivity index (χ0n) is 10.8. The summed E-state index contributed by atoms with van der Waals surface area (Å²) in [6.07, 6.45) is 2.25. The Labute approximate surface area is 107 Å². The number of hydrogen-bond acceptors (Lipinski definition) is 3. The minimum Gasteiger partial charge on any atom is -0.315 e. The third kappa shape index (κ3) is 3.51. The first-order chi connectivity index (χ1) is 8.15. The van der Waals surface area contributed by atoms with Crippen molar-refractivity contribution in [3.05, 3.63) is 28.8 Å². The Kier molecular flexibility index (Phi) is 4.13. The largest absolute Gasteiger partial charge is 0.315 e. The lowest BCUT2D eigenvalue weighted by atomic mass is 10.2. The van der Waals surface area contributed by atoms with E-state index < -0.39 is 0 Å². The van der Waals surface area contributed by atoms with Gasteiger partial charge in [-0.05, 0) is 37.6 Å². The number of rotatable bonds is 5. The number of nitrogens with one attached hydrogen (secondary N) is 1. The fourth-order valence-corrected chi connectivity index (χ4v) is 2.92. The molecule has 17 heavy (non-hydrogen) atoms. The third-order valence-electron chi connectivity index (χ3n) is 2.71. The van der Waals surface area contributed by atoms with Crippen molar-refractivity contribution in [2.45, 2.75) is 39.7 Å². The molecule has 1 N–H and O–H groups in total. The second kappa shape index (κ2) is 5.61. The molecular formula is C14H20N2S. The molecular weight excluding hydrogens is 228 g/mol. The van der Waals surface area contributed by atoms with Crippen LogP contribution in [0.15, 0.2) is 18.2 Å². The summed E-state index contributed by atoms with van der Waals surface area (Å²) in [6, 6.07) is 7.06. The molecule has 2 aromatic rings. The lowest BCUT2D eigenvalue weighted by molar-refractivity contribution is 0.570. The summed E-state index contributed by atoms with van der Waals surface area (Å²) < 4.78 is 1.32. The molecule has 2 nitrogen and oxygen atoms in total. The average molecular weight is 248 g/mol. The number of fused-ring (bicyclic) bond motifs is 1. The first-order valence-electron chi connectivity index (χ1n) is 6.24. The van der Waals surface area contributed by atoms with Crippen LogP contribution in [0.25, 0.3) is 10.2 Å². The molecule has 1 aromatic carbocycles. The van der Waals surface area contributed by atoms with Crippen LogP contribution in [0.2, 0.25) is 0 Å². The Morgan fingerprint density at radius 3 is 2.94 bits per heavy atom. The first kappa shape index (κ1) is 12.5. The van der Waals surface area contributed by atoms with Crippen molar-refractivity contribution in [3.63, 3.8) is 0 Å². The highest BCUT2D eigenvalue weighted by Gasteiger charge is 2.03. The second-order valence-electron chi connectivity index (χ2n) is 4.79. The van der Waals surface area contributed by atoms with Crippen LogP contribution >= 0.6 is 11.3 Å². The van der Waals surface area contributed by atoms with Crippen LogP contribution < -0.4 is 5.32 Å². The molecule has 2 rings (SSSR count). The minimum absolute atomic E-state index is 0.577. The van der Waals surface area contributed by atoms with Crippen LogP contribution in [0.4, 0.5) is 0 Å². The molecule has 0 saturated heterocycles. The number of hydrogen-bond donors (Lipinski definition) is 1. The van der Waals surface area contributed by atoms with Crippen molar-refractivity contribution in [3.8, 4) is 0 Å². The van der Waals surface area contributed by atoms with E-state index in [1.54, 1.807) is 0 Å². The molecule has 1 heterocycles. The Balaban J connectivity index is 1.95. The normalized spacial score (nSPS) is 11.5. The maximum absolute atomic E-state index is 4.66. The van der Waals surface area contributed by atoms with Gasteiger partial charge >= 0.3 is 0 Å². The zero-order chi connectivity index (χ0) is 12.3. The summed E-state index contributed by atoms with van der Waals surface area (Å²) in [5, 5.41) is 4.70. The SMILES string of the molecule is Cc1ccc2nc(CCCNC(C)C)sc2c1. The monoisotopic (exact) mass is 248 g/mol. The summed E-state index contributed by atoms with van der Waals surface area (Å²) in [6.45, 7) is 7.57. The van der Waals surface area contributed by atoms with Gasteiger partial charge in [-0.1, -0.05) is 19.9 Å². The van der Waals surface area contributed by atoms with Crippen molar-refractivity contribution in [1.29, 1.82) is 0 Å². The van der Waals surface area contributed by atoms with Crippen molar-refractivity contribution >= 4 is 21.6 Å². The van der Waals surface area contributed by atoms with E-state index in [-0.39, 0.29) is 0 Å². The van der Waals surface area contributed by atoms with Crippen LogP contribution in [0, 0.1) is 6.92 Å². The molecule has 0 bridgehead atoms. The predicted octanol–water partition coefficient (Wildman–Crippen LogP) is 3.54. The summed E-state index contributed by atoms with van der Waals surface area (Å²) in [5.74, 6) is 0. The first-order valence-corrected chi connectivity index (χ1v) is 7.06. The van der Waals surface area contributed by atoms with E-state index >= 15 is 0 Å². The van der Waals surface area contributed by atoms with Gasteiger partial charge in [-0.2, -0.15) is 0 Å². The molecule has 1 aromatic heterocycles. The summed E-state index contributed by atoms with van der Waals surface area (Å²) >= 11 is 1.83. The molecule has 0 atom stereocenters. The topological polar surface area (TPSA) is 24.9 Å². The van der Waals surface area contributed by atoms with Crippen LogP contribution in [-0.4, -0.2) is 17.6 Å². The number of nitrogens with zero attached hydrogens (tertiary/aromatic N) is 1. The van der Waals surface area contributed by atoms with Gasteiger partial charge in [0.2, 0.25) is 0 Å². The molecule has 0 aliphatic carbocycles. The third-order valence-corrected chi connectivity index (χ3v) is 3.79. The fraction of sp³-hybridized carbons (Fsp3) is 0.500. The molecule has 0 spiro atoms. The molecule has 92 valence electrons. The number of benzene rings is 1. The van der Waals surface area contributed by atoms with E-state index in [1.807, 2.05) is 11.3 Å². The fourth-order valence-electron chi connectivity index (χ4n) is 1.82. The lowest BCUT2D eigenvalue weighted by Gasteiger charge is -2.05. The van der Waals surface area contributed by atoms with Gasteiger partial charge in [0.1, 0.15) is 0 Å². The second-order valence-corrected chi connectivity index (χ2v) is 5.91. The Morgan fingerprint density at radius 2 is 2.18 bits per heavy atom. The lowest BCUT2D eigenvalue weighted by Crippen LogP contribution is -2.23. The highest BCUT2D eigenvalue weighted by atomic mass is 32.1. The van der Waals surface area contributed by atoms with E-state index in [4.69, 9.17) is 0 Å². The van der Waals surface area contributed by atoms with Crippen molar-refractivity contribution in [2.24, 2.45) is 0 Å². The molecule has 0 unspecified atom stereocenters. The van der Waals surface area contributed by atoms with Crippen molar-refractivity contribution in [1.82, 2.24) is 10.3 Å². The van der Waals surface area contributed by atoms with Gasteiger partial charge in [0.25, 0.3) is 0 Å². The van der Waals surface area contributed by atoms with Gasteiger partial charge in [-0.3, -0.25) is 0 Å². The van der Waals surface area contributed by atoms with E-state index in [9.17, 15) is 0 Å². The molecule has 0 radical (unpaired) electrons. The maximum Gasteiger partial charge on any atom is 0.0939 e. The highest BCUT2D eigenvalue weighted by Crippen LogP contribution is 2.23. The van der Waals surface area contributed by atoms with E-state index in [1.165, 1.54) is 15.3 Å². The number of thiazole rings is 1. The smallest absolute Gasteiger partial charge is 0.0939 e. The predicted molar refractivity (Wildman–Crippen MR) is 75.8 cm³/mol. The van der Waals surface area contributed by atoms with E-state index in [2.05, 4.69) is 49.3 Å². The molecule has 3 heteroatoms. The van der Waals surface area contributed by atoms with Crippen LogP contribution in [0.3, 0.4) is 0 Å². The van der Waals surface area contributed by atoms with Crippen LogP contribution in [0.5, 0.6) is 0 Å². The Bertz CT molecular complexity index is 488. The van der Waals surface area contributed by atoms with Crippen LogP contribution in [-0.2, 0) is 6.42 Å². The number of aromatic nitrogens is 1. The summed E-state index contributed by atoms with van der Waals surface area (Å²) in [7, 11) is 0. The Hall–Kier alpha value is -0.930. The highest BCUT2D eigenvalue weighted by molar-refractivity contribution is 7.18. The van der Waals surface area contributed by atoms with Crippen molar-refractivity contribution < 1.29 is 0 Å². The average Bonchev–Trinajstić information content (AvgIpc) is 2.66. The summed E-state index contributed by atoms with van der Waals surface area (Å²) in [5.41, 5.74) is 2.46.